The summed E-state index contributed by atoms with van der Waals surface area (Å²) < 4.78 is 0.853. The average molecular weight is 305 g/mol. The summed E-state index contributed by atoms with van der Waals surface area (Å²) in [6.07, 6.45) is 4.71. The van der Waals surface area contributed by atoms with Gasteiger partial charge in [-0.3, -0.25) is 4.98 Å². The normalized spacial score (nSPS) is 10.3. The van der Waals surface area contributed by atoms with Crippen molar-refractivity contribution in [1.29, 1.82) is 0 Å². The summed E-state index contributed by atoms with van der Waals surface area (Å²) in [5, 5.41) is 0.570. The lowest BCUT2D eigenvalue weighted by Crippen LogP contribution is -1.89. The molecule has 2 rings (SSSR count). The van der Waals surface area contributed by atoms with Gasteiger partial charge in [0.2, 0.25) is 0 Å². The van der Waals surface area contributed by atoms with E-state index in [1.165, 1.54) is 6.33 Å². The fourth-order valence-electron chi connectivity index (χ4n) is 1.09. The minimum atomic E-state index is 0.238. The molecular weight excluding hydrogens is 301 g/mol. The molecule has 0 aliphatic heterocycles. The van der Waals surface area contributed by atoms with Gasteiger partial charge in [0, 0.05) is 22.4 Å². The van der Waals surface area contributed by atoms with E-state index in [1.807, 2.05) is 6.07 Å². The van der Waals surface area contributed by atoms with E-state index in [1.54, 1.807) is 12.4 Å². The van der Waals surface area contributed by atoms with Gasteiger partial charge in [-0.15, -0.1) is 0 Å². The molecule has 0 radical (unpaired) electrons. The molecule has 0 aliphatic carbocycles. The molecule has 2 aromatic rings. The molecule has 2 heterocycles. The molecule has 76 valence electrons. The third-order valence-corrected chi connectivity index (χ3v) is 2.90. The molecule has 0 saturated carbocycles. The third kappa shape index (κ3) is 2.27. The van der Waals surface area contributed by atoms with E-state index in [4.69, 9.17) is 23.2 Å². The molecule has 0 unspecified atom stereocenters. The predicted octanol–water partition coefficient (Wildman–Crippen LogP) is 3.61. The highest BCUT2D eigenvalue weighted by atomic mass is 79.9. The van der Waals surface area contributed by atoms with Crippen molar-refractivity contribution < 1.29 is 0 Å². The highest BCUT2D eigenvalue weighted by molar-refractivity contribution is 9.10. The summed E-state index contributed by atoms with van der Waals surface area (Å²) >= 11 is 15.1. The Morgan fingerprint density at radius 1 is 1.13 bits per heavy atom. The monoisotopic (exact) mass is 303 g/mol. The van der Waals surface area contributed by atoms with Gasteiger partial charge >= 0.3 is 0 Å². The second-order valence-electron chi connectivity index (χ2n) is 2.72. The Balaban J connectivity index is 2.59. The first-order chi connectivity index (χ1) is 7.18. The average Bonchev–Trinajstić information content (AvgIpc) is 2.22. The van der Waals surface area contributed by atoms with Crippen LogP contribution in [0.3, 0.4) is 0 Å². The van der Waals surface area contributed by atoms with Crippen LogP contribution in [0.15, 0.2) is 29.3 Å². The maximum Gasteiger partial charge on any atom is 0.151 e. The zero-order chi connectivity index (χ0) is 10.8. The molecule has 0 atom stereocenters. The molecule has 0 amide bonds. The van der Waals surface area contributed by atoms with E-state index in [2.05, 4.69) is 30.9 Å². The lowest BCUT2D eigenvalue weighted by molar-refractivity contribution is 1.16. The maximum absolute atomic E-state index is 5.98. The zero-order valence-electron chi connectivity index (χ0n) is 7.28. The van der Waals surface area contributed by atoms with Crippen LogP contribution in [-0.4, -0.2) is 15.0 Å². The van der Waals surface area contributed by atoms with E-state index in [0.717, 1.165) is 10.0 Å². The van der Waals surface area contributed by atoms with Gasteiger partial charge in [0.05, 0.1) is 5.69 Å². The topological polar surface area (TPSA) is 38.7 Å². The Morgan fingerprint density at radius 3 is 2.67 bits per heavy atom. The number of hydrogen-bond acceptors (Lipinski definition) is 3. The highest BCUT2D eigenvalue weighted by Crippen LogP contribution is 2.30. The standard InChI is InChI=1S/C9H4BrCl2N3/c10-6-1-5(2-13-3-6)8-7(11)9(12)15-4-14-8/h1-4H. The molecule has 2 aromatic heterocycles. The highest BCUT2D eigenvalue weighted by Gasteiger charge is 2.09. The predicted molar refractivity (Wildman–Crippen MR) is 63.0 cm³/mol. The van der Waals surface area contributed by atoms with Crippen molar-refractivity contribution in [3.8, 4) is 11.3 Å². The summed E-state index contributed by atoms with van der Waals surface area (Å²) in [5.74, 6) is 0. The van der Waals surface area contributed by atoms with Gasteiger partial charge in [0.25, 0.3) is 0 Å². The van der Waals surface area contributed by atoms with Gasteiger partial charge in [-0.1, -0.05) is 23.2 Å². The second kappa shape index (κ2) is 4.43. The van der Waals surface area contributed by atoms with E-state index >= 15 is 0 Å². The Hall–Kier alpha value is -0.710. The molecule has 0 saturated heterocycles. The van der Waals surface area contributed by atoms with Crippen LogP contribution >= 0.6 is 39.1 Å². The summed E-state index contributed by atoms with van der Waals surface area (Å²) in [6.45, 7) is 0. The number of hydrogen-bond donors (Lipinski definition) is 0. The summed E-state index contributed by atoms with van der Waals surface area (Å²) in [5.41, 5.74) is 1.36. The van der Waals surface area contributed by atoms with E-state index in [0.29, 0.717) is 10.7 Å². The first-order valence-electron chi connectivity index (χ1n) is 3.95. The van der Waals surface area contributed by atoms with Gasteiger partial charge in [-0.25, -0.2) is 9.97 Å². The Bertz CT molecular complexity index is 504. The van der Waals surface area contributed by atoms with Crippen LogP contribution in [0.5, 0.6) is 0 Å². The van der Waals surface area contributed by atoms with Crippen LogP contribution in [0.1, 0.15) is 0 Å². The van der Waals surface area contributed by atoms with Crippen LogP contribution in [0, 0.1) is 0 Å². The quantitative estimate of drug-likeness (QED) is 0.756. The molecule has 0 bridgehead atoms. The fourth-order valence-corrected chi connectivity index (χ4v) is 1.80. The van der Waals surface area contributed by atoms with Gasteiger partial charge in [-0.2, -0.15) is 0 Å². The summed E-state index contributed by atoms with van der Waals surface area (Å²) in [6, 6.07) is 1.86. The van der Waals surface area contributed by atoms with Gasteiger partial charge in [0.15, 0.2) is 5.15 Å². The molecule has 0 aliphatic rings. The van der Waals surface area contributed by atoms with Crippen molar-refractivity contribution in [3.05, 3.63) is 39.4 Å². The largest absolute Gasteiger partial charge is 0.263 e. The van der Waals surface area contributed by atoms with E-state index in [-0.39, 0.29) is 5.15 Å². The summed E-state index contributed by atoms with van der Waals surface area (Å²) in [4.78, 5) is 11.9. The zero-order valence-corrected chi connectivity index (χ0v) is 10.4. The molecular formula is C9H4BrCl2N3. The molecule has 3 nitrogen and oxygen atoms in total. The molecule has 0 aromatic carbocycles. The number of rotatable bonds is 1. The van der Waals surface area contributed by atoms with Crippen molar-refractivity contribution in [2.24, 2.45) is 0 Å². The Kier molecular flexibility index (Phi) is 3.19. The maximum atomic E-state index is 5.98. The third-order valence-electron chi connectivity index (χ3n) is 1.73. The number of nitrogens with zero attached hydrogens (tertiary/aromatic N) is 3. The SMILES string of the molecule is Clc1ncnc(-c2cncc(Br)c2)c1Cl. The van der Waals surface area contributed by atoms with Crippen molar-refractivity contribution in [2.75, 3.05) is 0 Å². The minimum Gasteiger partial charge on any atom is -0.263 e. The van der Waals surface area contributed by atoms with E-state index in [9.17, 15) is 0 Å². The van der Waals surface area contributed by atoms with E-state index < -0.39 is 0 Å². The lowest BCUT2D eigenvalue weighted by atomic mass is 10.2. The molecule has 15 heavy (non-hydrogen) atoms. The van der Waals surface area contributed by atoms with Gasteiger partial charge < -0.3 is 0 Å². The summed E-state index contributed by atoms with van der Waals surface area (Å²) in [7, 11) is 0. The Morgan fingerprint density at radius 2 is 1.93 bits per heavy atom. The van der Waals surface area contributed by atoms with Crippen LogP contribution in [0.2, 0.25) is 10.2 Å². The van der Waals surface area contributed by atoms with Crippen molar-refractivity contribution in [3.63, 3.8) is 0 Å². The van der Waals surface area contributed by atoms with Crippen LogP contribution in [0.25, 0.3) is 11.3 Å². The molecule has 0 spiro atoms. The van der Waals surface area contributed by atoms with Crippen molar-refractivity contribution in [1.82, 2.24) is 15.0 Å². The minimum absolute atomic E-state index is 0.238. The lowest BCUT2D eigenvalue weighted by Gasteiger charge is -2.03. The van der Waals surface area contributed by atoms with Crippen molar-refractivity contribution >= 4 is 39.1 Å². The number of halogens is 3. The first-order valence-corrected chi connectivity index (χ1v) is 5.50. The molecule has 0 N–H and O–H groups in total. The second-order valence-corrected chi connectivity index (χ2v) is 4.37. The van der Waals surface area contributed by atoms with Gasteiger partial charge in [-0.05, 0) is 22.0 Å². The molecule has 0 fully saturated rings. The smallest absolute Gasteiger partial charge is 0.151 e. The number of aromatic nitrogens is 3. The van der Waals surface area contributed by atoms with Gasteiger partial charge in [0.1, 0.15) is 11.3 Å². The van der Waals surface area contributed by atoms with Crippen LogP contribution in [0.4, 0.5) is 0 Å². The van der Waals surface area contributed by atoms with Crippen LogP contribution in [-0.2, 0) is 0 Å². The fraction of sp³-hybridized carbons (Fsp3) is 0. The first kappa shape index (κ1) is 10.8. The van der Waals surface area contributed by atoms with Crippen LogP contribution < -0.4 is 0 Å². The van der Waals surface area contributed by atoms with Crippen molar-refractivity contribution in [2.45, 2.75) is 0 Å². The Labute approximate surface area is 105 Å². The number of pyridine rings is 1. The molecule has 6 heteroatoms.